The molecule has 2 rings (SSSR count). The minimum Gasteiger partial charge on any atom is -0.465 e. The number of likely N-dealkylation sites (tertiary alicyclic amines) is 1. The summed E-state index contributed by atoms with van der Waals surface area (Å²) in [5.41, 5.74) is 0.410. The molecule has 1 fully saturated rings. The Bertz CT molecular complexity index is 449. The lowest BCUT2D eigenvalue weighted by Gasteiger charge is -2.20. The molecule has 5 nitrogen and oxygen atoms in total. The van der Waals surface area contributed by atoms with E-state index >= 15 is 0 Å². The molecular weight excluding hydrogens is 215 g/mol. The number of rotatable bonds is 1. The van der Waals surface area contributed by atoms with Crippen molar-refractivity contribution in [3.63, 3.8) is 0 Å². The molecular formula is C10H9FN2O3. The lowest BCUT2D eigenvalue weighted by Crippen LogP contribution is -2.29. The van der Waals surface area contributed by atoms with Crippen LogP contribution >= 0.6 is 0 Å². The number of aromatic nitrogens is 1. The molecule has 0 spiro atoms. The Kier molecular flexibility index (Phi) is 2.55. The Hall–Kier alpha value is -1.98. The second-order valence-corrected chi connectivity index (χ2v) is 3.61. The number of hydrogen-bond donors (Lipinski definition) is 1. The van der Waals surface area contributed by atoms with Crippen LogP contribution in [0.3, 0.4) is 0 Å². The third kappa shape index (κ3) is 1.86. The van der Waals surface area contributed by atoms with Crippen molar-refractivity contribution in [2.75, 3.05) is 6.54 Å². The minimum absolute atomic E-state index is 0.0808. The van der Waals surface area contributed by atoms with E-state index in [1.54, 1.807) is 0 Å². The first-order valence-electron chi connectivity index (χ1n) is 4.69. The molecule has 0 aromatic carbocycles. The zero-order chi connectivity index (χ0) is 11.7. The Morgan fingerprint density at radius 1 is 1.56 bits per heavy atom. The van der Waals surface area contributed by atoms with Crippen molar-refractivity contribution in [3.8, 4) is 0 Å². The van der Waals surface area contributed by atoms with E-state index in [0.717, 1.165) is 11.1 Å². The highest BCUT2D eigenvalue weighted by molar-refractivity contribution is 5.88. The van der Waals surface area contributed by atoms with Crippen LogP contribution in [0, 0.1) is 5.82 Å². The van der Waals surface area contributed by atoms with E-state index in [0.29, 0.717) is 5.56 Å². The molecule has 1 aliphatic rings. The summed E-state index contributed by atoms with van der Waals surface area (Å²) in [5.74, 6) is -0.709. The van der Waals surface area contributed by atoms with Crippen molar-refractivity contribution >= 4 is 11.9 Å². The lowest BCUT2D eigenvalue weighted by atomic mass is 10.1. The van der Waals surface area contributed by atoms with Crippen molar-refractivity contribution in [3.05, 3.63) is 29.8 Å². The molecule has 1 unspecified atom stereocenters. The largest absolute Gasteiger partial charge is 0.465 e. The molecule has 84 valence electrons. The van der Waals surface area contributed by atoms with Crippen LogP contribution in [0.25, 0.3) is 0 Å². The van der Waals surface area contributed by atoms with Gasteiger partial charge in [0.05, 0.1) is 18.8 Å². The maximum Gasteiger partial charge on any atom is 0.408 e. The first-order valence-corrected chi connectivity index (χ1v) is 4.69. The van der Waals surface area contributed by atoms with E-state index in [2.05, 4.69) is 4.98 Å². The molecule has 16 heavy (non-hydrogen) atoms. The normalized spacial score (nSPS) is 20.2. The number of ketones is 1. The van der Waals surface area contributed by atoms with Gasteiger partial charge in [-0.3, -0.25) is 14.7 Å². The van der Waals surface area contributed by atoms with E-state index in [9.17, 15) is 14.0 Å². The maximum absolute atomic E-state index is 12.9. The van der Waals surface area contributed by atoms with Crippen molar-refractivity contribution in [1.82, 2.24) is 9.88 Å². The topological polar surface area (TPSA) is 70.5 Å². The van der Waals surface area contributed by atoms with Gasteiger partial charge in [0.1, 0.15) is 5.82 Å². The first kappa shape index (κ1) is 10.5. The van der Waals surface area contributed by atoms with E-state index in [-0.39, 0.29) is 18.7 Å². The van der Waals surface area contributed by atoms with Gasteiger partial charge in [-0.2, -0.15) is 0 Å². The molecule has 6 heteroatoms. The average Bonchev–Trinajstić information content (AvgIpc) is 2.60. The van der Waals surface area contributed by atoms with E-state index in [1.165, 1.54) is 12.3 Å². The summed E-state index contributed by atoms with van der Waals surface area (Å²) in [6, 6.07) is 0.583. The summed E-state index contributed by atoms with van der Waals surface area (Å²) < 4.78 is 12.9. The van der Waals surface area contributed by atoms with Crippen molar-refractivity contribution < 1.29 is 19.1 Å². The Balaban J connectivity index is 2.32. The number of pyridine rings is 1. The number of halogens is 1. The van der Waals surface area contributed by atoms with Gasteiger partial charge in [-0.05, 0) is 11.6 Å². The van der Waals surface area contributed by atoms with Gasteiger partial charge in [0.25, 0.3) is 0 Å². The van der Waals surface area contributed by atoms with Gasteiger partial charge < -0.3 is 5.11 Å². The highest BCUT2D eigenvalue weighted by Gasteiger charge is 2.35. The summed E-state index contributed by atoms with van der Waals surface area (Å²) in [6.45, 7) is -0.142. The van der Waals surface area contributed by atoms with Gasteiger partial charge in [-0.1, -0.05) is 0 Å². The fourth-order valence-electron chi connectivity index (χ4n) is 1.80. The third-order valence-electron chi connectivity index (χ3n) is 2.50. The molecule has 1 atom stereocenters. The fraction of sp³-hybridized carbons (Fsp3) is 0.300. The summed E-state index contributed by atoms with van der Waals surface area (Å²) in [5, 5.41) is 8.89. The van der Waals surface area contributed by atoms with Crippen LogP contribution in [0.2, 0.25) is 0 Å². The molecule has 1 amide bonds. The van der Waals surface area contributed by atoms with Gasteiger partial charge in [-0.15, -0.1) is 0 Å². The Morgan fingerprint density at radius 3 is 2.94 bits per heavy atom. The molecule has 1 saturated heterocycles. The summed E-state index contributed by atoms with van der Waals surface area (Å²) in [4.78, 5) is 26.7. The standard InChI is InChI=1S/C10H9FN2O3/c11-7-1-6(3-12-4-7)9-2-8(14)5-13(9)10(15)16/h1,3-4,9H,2,5H2,(H,15,16). The van der Waals surface area contributed by atoms with E-state index < -0.39 is 18.0 Å². The number of hydrogen-bond acceptors (Lipinski definition) is 3. The molecule has 1 aromatic heterocycles. The van der Waals surface area contributed by atoms with Crippen LogP contribution < -0.4 is 0 Å². The Labute approximate surface area is 90.5 Å². The van der Waals surface area contributed by atoms with Crippen LogP contribution in [-0.2, 0) is 4.79 Å². The molecule has 0 aliphatic carbocycles. The molecule has 1 aliphatic heterocycles. The van der Waals surface area contributed by atoms with Crippen LogP contribution in [0.4, 0.5) is 9.18 Å². The second-order valence-electron chi connectivity index (χ2n) is 3.61. The third-order valence-corrected chi connectivity index (χ3v) is 2.50. The SMILES string of the molecule is O=C1CC(c2cncc(F)c2)N(C(=O)O)C1. The predicted molar refractivity (Wildman–Crippen MR) is 51.3 cm³/mol. The van der Waals surface area contributed by atoms with Crippen LogP contribution in [0.15, 0.2) is 18.5 Å². The second kappa shape index (κ2) is 3.88. The highest BCUT2D eigenvalue weighted by atomic mass is 19.1. The van der Waals surface area contributed by atoms with Crippen molar-refractivity contribution in [1.29, 1.82) is 0 Å². The zero-order valence-electron chi connectivity index (χ0n) is 8.26. The van der Waals surface area contributed by atoms with Crippen LogP contribution in [0.1, 0.15) is 18.0 Å². The van der Waals surface area contributed by atoms with Crippen molar-refractivity contribution in [2.45, 2.75) is 12.5 Å². The van der Waals surface area contributed by atoms with E-state index in [4.69, 9.17) is 5.11 Å². The summed E-state index contributed by atoms with van der Waals surface area (Å²) >= 11 is 0. The highest BCUT2D eigenvalue weighted by Crippen LogP contribution is 2.29. The summed E-state index contributed by atoms with van der Waals surface area (Å²) in [7, 11) is 0. The lowest BCUT2D eigenvalue weighted by molar-refractivity contribution is -0.116. The van der Waals surface area contributed by atoms with Gasteiger partial charge in [0, 0.05) is 12.6 Å². The predicted octanol–water partition coefficient (Wildman–Crippen LogP) is 1.21. The quantitative estimate of drug-likeness (QED) is 0.778. The Morgan fingerprint density at radius 2 is 2.31 bits per heavy atom. The van der Waals surface area contributed by atoms with Crippen molar-refractivity contribution in [2.24, 2.45) is 0 Å². The molecule has 0 radical (unpaired) electrons. The first-order chi connectivity index (χ1) is 7.58. The monoisotopic (exact) mass is 224 g/mol. The molecule has 2 heterocycles. The average molecular weight is 224 g/mol. The van der Waals surface area contributed by atoms with Gasteiger partial charge >= 0.3 is 6.09 Å². The minimum atomic E-state index is -1.18. The number of nitrogens with zero attached hydrogens (tertiary/aromatic N) is 2. The number of amides is 1. The summed E-state index contributed by atoms with van der Waals surface area (Å²) in [6.07, 6.45) is 1.31. The smallest absolute Gasteiger partial charge is 0.408 e. The molecule has 1 N–H and O–H groups in total. The number of carboxylic acid groups (broad SMARTS) is 1. The zero-order valence-corrected chi connectivity index (χ0v) is 8.26. The van der Waals surface area contributed by atoms with E-state index in [1.807, 2.05) is 0 Å². The number of carbonyl (C=O) groups is 2. The van der Waals surface area contributed by atoms with Crippen LogP contribution in [-0.4, -0.2) is 33.4 Å². The van der Waals surface area contributed by atoms with Gasteiger partial charge in [0.2, 0.25) is 0 Å². The fourth-order valence-corrected chi connectivity index (χ4v) is 1.80. The molecule has 0 bridgehead atoms. The maximum atomic E-state index is 12.9. The number of Topliss-reactive ketones (excluding diaryl/α,β-unsaturated/α-hetero) is 1. The molecule has 1 aromatic rings. The number of carbonyl (C=O) groups excluding carboxylic acids is 1. The van der Waals surface area contributed by atoms with Gasteiger partial charge in [0.15, 0.2) is 5.78 Å². The van der Waals surface area contributed by atoms with Gasteiger partial charge in [-0.25, -0.2) is 9.18 Å². The molecule has 0 saturated carbocycles. The van der Waals surface area contributed by atoms with Crippen LogP contribution in [0.5, 0.6) is 0 Å².